The molecular formula is C18H22BrN3O3. The number of aromatic nitrogens is 2. The second kappa shape index (κ2) is 9.48. The molecule has 0 aliphatic rings. The van der Waals surface area contributed by atoms with Crippen molar-refractivity contribution >= 4 is 21.8 Å². The highest BCUT2D eigenvalue weighted by molar-refractivity contribution is 9.10. The maximum atomic E-state index is 12.3. The highest BCUT2D eigenvalue weighted by atomic mass is 79.9. The van der Waals surface area contributed by atoms with Crippen LogP contribution >= 0.6 is 15.9 Å². The van der Waals surface area contributed by atoms with Gasteiger partial charge >= 0.3 is 0 Å². The molecule has 1 N–H and O–H groups in total. The summed E-state index contributed by atoms with van der Waals surface area (Å²) in [6.07, 6.45) is 1.69. The minimum Gasteiger partial charge on any atom is -0.383 e. The van der Waals surface area contributed by atoms with Crippen molar-refractivity contribution in [2.24, 2.45) is 0 Å². The van der Waals surface area contributed by atoms with Gasteiger partial charge in [-0.2, -0.15) is 5.10 Å². The number of carbonyl (C=O) groups excluding carboxylic acids is 1. The lowest BCUT2D eigenvalue weighted by atomic mass is 10.1. The van der Waals surface area contributed by atoms with Gasteiger partial charge in [0, 0.05) is 23.7 Å². The van der Waals surface area contributed by atoms with Gasteiger partial charge < -0.3 is 10.1 Å². The Morgan fingerprint density at radius 2 is 2.00 bits per heavy atom. The van der Waals surface area contributed by atoms with Crippen molar-refractivity contribution in [1.29, 1.82) is 0 Å². The van der Waals surface area contributed by atoms with Crippen LogP contribution in [0.15, 0.2) is 45.7 Å². The number of amides is 1. The zero-order valence-electron chi connectivity index (χ0n) is 14.4. The monoisotopic (exact) mass is 407 g/mol. The standard InChI is InChI=1S/C18H22BrN3O3/c1-13(3-4-14-5-7-15(19)8-6-14)20-18(24)16-9-10-17(23)22(21-16)11-12-25-2/h5-10,13H,3-4,11-12H2,1-2H3,(H,20,24). The van der Waals surface area contributed by atoms with Gasteiger partial charge in [-0.25, -0.2) is 4.68 Å². The first-order chi connectivity index (χ1) is 12.0. The van der Waals surface area contributed by atoms with Crippen LogP contribution in [-0.4, -0.2) is 35.4 Å². The molecule has 1 unspecified atom stereocenters. The van der Waals surface area contributed by atoms with Crippen LogP contribution in [0, 0.1) is 0 Å². The first-order valence-electron chi connectivity index (χ1n) is 8.12. The van der Waals surface area contributed by atoms with E-state index in [1.54, 1.807) is 7.11 Å². The van der Waals surface area contributed by atoms with E-state index in [4.69, 9.17) is 4.74 Å². The SMILES string of the molecule is COCCn1nc(C(=O)NC(C)CCc2ccc(Br)cc2)ccc1=O. The van der Waals surface area contributed by atoms with E-state index in [-0.39, 0.29) is 23.2 Å². The van der Waals surface area contributed by atoms with Gasteiger partial charge in [0.1, 0.15) is 5.69 Å². The first-order valence-corrected chi connectivity index (χ1v) is 8.91. The summed E-state index contributed by atoms with van der Waals surface area (Å²) in [5.41, 5.74) is 1.19. The zero-order valence-corrected chi connectivity index (χ0v) is 16.0. The molecule has 2 rings (SSSR count). The van der Waals surface area contributed by atoms with Gasteiger partial charge in [-0.05, 0) is 43.5 Å². The van der Waals surface area contributed by atoms with Crippen molar-refractivity contribution in [3.63, 3.8) is 0 Å². The van der Waals surface area contributed by atoms with Crippen LogP contribution in [0.5, 0.6) is 0 Å². The highest BCUT2D eigenvalue weighted by Gasteiger charge is 2.13. The Morgan fingerprint density at radius 3 is 2.68 bits per heavy atom. The van der Waals surface area contributed by atoms with Crippen molar-refractivity contribution in [3.05, 3.63) is 62.5 Å². The molecule has 1 heterocycles. The number of carbonyl (C=O) groups is 1. The maximum Gasteiger partial charge on any atom is 0.271 e. The second-order valence-corrected chi connectivity index (χ2v) is 6.73. The summed E-state index contributed by atoms with van der Waals surface area (Å²) in [7, 11) is 1.55. The van der Waals surface area contributed by atoms with Crippen LogP contribution in [-0.2, 0) is 17.7 Å². The molecule has 0 fully saturated rings. The number of hydrogen-bond acceptors (Lipinski definition) is 4. The minimum atomic E-state index is -0.283. The van der Waals surface area contributed by atoms with Crippen LogP contribution < -0.4 is 10.9 Å². The molecule has 0 saturated heterocycles. The summed E-state index contributed by atoms with van der Waals surface area (Å²) in [4.78, 5) is 24.0. The highest BCUT2D eigenvalue weighted by Crippen LogP contribution is 2.12. The Kier molecular flexibility index (Phi) is 7.33. The molecule has 1 atom stereocenters. The van der Waals surface area contributed by atoms with E-state index in [0.717, 1.165) is 17.3 Å². The van der Waals surface area contributed by atoms with Gasteiger partial charge in [-0.15, -0.1) is 0 Å². The quantitative estimate of drug-likeness (QED) is 0.728. The summed E-state index contributed by atoms with van der Waals surface area (Å²) < 4.78 is 7.23. The molecule has 7 heteroatoms. The topological polar surface area (TPSA) is 73.2 Å². The Balaban J connectivity index is 1.91. The molecule has 25 heavy (non-hydrogen) atoms. The Labute approximate surface area is 155 Å². The lowest BCUT2D eigenvalue weighted by molar-refractivity contribution is 0.0929. The zero-order chi connectivity index (χ0) is 18.2. The summed E-state index contributed by atoms with van der Waals surface area (Å²) in [5, 5.41) is 7.02. The molecule has 134 valence electrons. The lowest BCUT2D eigenvalue weighted by Crippen LogP contribution is -2.35. The number of rotatable bonds is 8. The molecule has 0 saturated carbocycles. The first kappa shape index (κ1) is 19.3. The van der Waals surface area contributed by atoms with Gasteiger partial charge in [0.05, 0.1) is 13.2 Å². The van der Waals surface area contributed by atoms with Gasteiger partial charge in [-0.1, -0.05) is 28.1 Å². The third kappa shape index (κ3) is 6.10. The Morgan fingerprint density at radius 1 is 1.28 bits per heavy atom. The van der Waals surface area contributed by atoms with Crippen LogP contribution in [0.2, 0.25) is 0 Å². The van der Waals surface area contributed by atoms with Crippen LogP contribution in [0.1, 0.15) is 29.4 Å². The van der Waals surface area contributed by atoms with Crippen LogP contribution in [0.4, 0.5) is 0 Å². The number of hydrogen-bond donors (Lipinski definition) is 1. The lowest BCUT2D eigenvalue weighted by Gasteiger charge is -2.14. The summed E-state index contributed by atoms with van der Waals surface area (Å²) in [5.74, 6) is -0.283. The number of benzene rings is 1. The van der Waals surface area contributed by atoms with E-state index in [1.807, 2.05) is 19.1 Å². The van der Waals surface area contributed by atoms with Gasteiger partial charge in [0.15, 0.2) is 0 Å². The molecule has 0 bridgehead atoms. The summed E-state index contributed by atoms with van der Waals surface area (Å²) in [6.45, 7) is 2.63. The van der Waals surface area contributed by atoms with E-state index >= 15 is 0 Å². The number of aryl methyl sites for hydroxylation is 1. The molecule has 2 aromatic rings. The second-order valence-electron chi connectivity index (χ2n) is 5.81. The van der Waals surface area contributed by atoms with E-state index in [1.165, 1.54) is 22.4 Å². The van der Waals surface area contributed by atoms with E-state index in [9.17, 15) is 9.59 Å². The molecule has 0 aliphatic heterocycles. The fourth-order valence-electron chi connectivity index (χ4n) is 2.31. The molecule has 1 amide bonds. The molecule has 0 radical (unpaired) electrons. The van der Waals surface area contributed by atoms with Crippen LogP contribution in [0.3, 0.4) is 0 Å². The molecule has 0 aliphatic carbocycles. The van der Waals surface area contributed by atoms with Gasteiger partial charge in [0.25, 0.3) is 11.5 Å². The number of nitrogens with zero attached hydrogens (tertiary/aromatic N) is 2. The smallest absolute Gasteiger partial charge is 0.271 e. The van der Waals surface area contributed by atoms with Crippen molar-refractivity contribution in [3.8, 4) is 0 Å². The van der Waals surface area contributed by atoms with Gasteiger partial charge in [-0.3, -0.25) is 9.59 Å². The average molecular weight is 408 g/mol. The molecule has 1 aromatic heterocycles. The van der Waals surface area contributed by atoms with Gasteiger partial charge in [0.2, 0.25) is 0 Å². The molecule has 6 nitrogen and oxygen atoms in total. The maximum absolute atomic E-state index is 12.3. The largest absolute Gasteiger partial charge is 0.383 e. The normalized spacial score (nSPS) is 12.0. The Hall–Kier alpha value is -1.99. The predicted molar refractivity (Wildman–Crippen MR) is 99.8 cm³/mol. The van der Waals surface area contributed by atoms with E-state index < -0.39 is 0 Å². The number of halogens is 1. The molecule has 1 aromatic carbocycles. The predicted octanol–water partition coefficient (Wildman–Crippen LogP) is 2.40. The van der Waals surface area contributed by atoms with E-state index in [0.29, 0.717) is 13.2 Å². The summed E-state index contributed by atoms with van der Waals surface area (Å²) in [6, 6.07) is 10.9. The fraction of sp³-hybridized carbons (Fsp3) is 0.389. The number of methoxy groups -OCH3 is 1. The third-order valence-electron chi connectivity index (χ3n) is 3.76. The van der Waals surface area contributed by atoms with Crippen molar-refractivity contribution in [1.82, 2.24) is 15.1 Å². The van der Waals surface area contributed by atoms with Crippen molar-refractivity contribution in [2.45, 2.75) is 32.4 Å². The molecular weight excluding hydrogens is 386 g/mol. The molecule has 0 spiro atoms. The van der Waals surface area contributed by atoms with E-state index in [2.05, 4.69) is 38.5 Å². The summed E-state index contributed by atoms with van der Waals surface area (Å²) >= 11 is 3.41. The van der Waals surface area contributed by atoms with Crippen LogP contribution in [0.25, 0.3) is 0 Å². The number of ether oxygens (including phenoxy) is 1. The van der Waals surface area contributed by atoms with Crippen molar-refractivity contribution in [2.75, 3.05) is 13.7 Å². The van der Waals surface area contributed by atoms with Crippen molar-refractivity contribution < 1.29 is 9.53 Å². The fourth-order valence-corrected chi connectivity index (χ4v) is 2.58. The number of nitrogens with one attached hydrogen (secondary N) is 1. The average Bonchev–Trinajstić information content (AvgIpc) is 2.60. The third-order valence-corrected chi connectivity index (χ3v) is 4.29. The Bertz CT molecular complexity index is 759. The minimum absolute atomic E-state index is 0.00250.